The Balaban J connectivity index is 2.42. The lowest BCUT2D eigenvalue weighted by molar-refractivity contribution is 1.60. The third kappa shape index (κ3) is 2.69. The Kier molecular flexibility index (Phi) is 1.39. The van der Waals surface area contributed by atoms with Crippen LogP contribution in [0, 0.1) is 0 Å². The van der Waals surface area contributed by atoms with E-state index in [1.54, 1.807) is 0 Å². The highest BCUT2D eigenvalue weighted by atomic mass is 79.9. The summed E-state index contributed by atoms with van der Waals surface area (Å²) in [5.41, 5.74) is -1.92. The number of halogens is 1. The average molecular weight is 374 g/mol. The molecular formula is C22H15Br. The normalized spacial score (nSPS) is 20.0. The third-order valence-corrected chi connectivity index (χ3v) is 3.49. The molecule has 0 aromatic heterocycles. The van der Waals surface area contributed by atoms with Crippen molar-refractivity contribution in [3.05, 3.63) is 95.1 Å². The number of rotatable bonds is 2. The van der Waals surface area contributed by atoms with Crippen LogP contribution in [-0.4, -0.2) is 0 Å². The van der Waals surface area contributed by atoms with E-state index in [0.29, 0.717) is 0 Å². The van der Waals surface area contributed by atoms with Crippen molar-refractivity contribution in [3.8, 4) is 22.3 Å². The molecule has 0 radical (unpaired) electrons. The van der Waals surface area contributed by atoms with Crippen molar-refractivity contribution in [3.63, 3.8) is 0 Å². The standard InChI is InChI=1S/C22H15Br/c23-18-10-6-9-17(15-18)20-14-13-19(16-7-2-1-3-8-16)21-11-4-5-12-22(20)21/h1-15H/i1D,2D,3D,4D,5D,6D,7D,8D,9D,10D,11D,12D,13D,14D,15D. The Hall–Kier alpha value is -2.38. The quantitative estimate of drug-likeness (QED) is 0.357. The predicted molar refractivity (Wildman–Crippen MR) is 103 cm³/mol. The van der Waals surface area contributed by atoms with E-state index in [1.165, 1.54) is 0 Å². The van der Waals surface area contributed by atoms with Crippen LogP contribution in [-0.2, 0) is 0 Å². The summed E-state index contributed by atoms with van der Waals surface area (Å²) in [4.78, 5) is 0. The molecule has 0 unspecified atom stereocenters. The van der Waals surface area contributed by atoms with Gasteiger partial charge in [0.15, 0.2) is 0 Å². The maximum absolute atomic E-state index is 8.79. The Bertz CT molecular complexity index is 1540. The van der Waals surface area contributed by atoms with E-state index in [4.69, 9.17) is 20.6 Å². The SMILES string of the molecule is [2H]c1c([2H])c([2H])c(-c2c([2H])c([2H])c(-c3c([2H])c([2H])c([2H])c(Br)c3[2H])c3c([2H])c([2H])c([2H])c([2H])c23)c([2H])c1[2H]. The summed E-state index contributed by atoms with van der Waals surface area (Å²) < 4.78 is 125. The van der Waals surface area contributed by atoms with E-state index < -0.39 is 124 Å². The van der Waals surface area contributed by atoms with Gasteiger partial charge in [0.25, 0.3) is 0 Å². The number of fused-ring (bicyclic) bond motifs is 1. The first-order chi connectivity index (χ1) is 17.6. The monoisotopic (exact) mass is 373 g/mol. The van der Waals surface area contributed by atoms with Gasteiger partial charge in [-0.15, -0.1) is 0 Å². The highest BCUT2D eigenvalue weighted by molar-refractivity contribution is 9.10. The number of benzene rings is 4. The smallest absolute Gasteiger partial charge is 0.0622 e. The molecule has 0 atom stereocenters. The van der Waals surface area contributed by atoms with Gasteiger partial charge in [0, 0.05) is 4.47 Å². The Labute approximate surface area is 165 Å². The summed E-state index contributed by atoms with van der Waals surface area (Å²) >= 11 is 3.03. The molecule has 0 saturated carbocycles. The van der Waals surface area contributed by atoms with Crippen LogP contribution >= 0.6 is 15.9 Å². The highest BCUT2D eigenvalue weighted by Gasteiger charge is 2.09. The van der Waals surface area contributed by atoms with E-state index in [0.717, 1.165) is 0 Å². The van der Waals surface area contributed by atoms with Crippen molar-refractivity contribution in [2.45, 2.75) is 0 Å². The van der Waals surface area contributed by atoms with E-state index >= 15 is 0 Å². The van der Waals surface area contributed by atoms with Gasteiger partial charge in [-0.1, -0.05) is 94.5 Å². The summed E-state index contributed by atoms with van der Waals surface area (Å²) in [7, 11) is 0. The predicted octanol–water partition coefficient (Wildman–Crippen LogP) is 6.94. The summed E-state index contributed by atoms with van der Waals surface area (Å²) in [6.45, 7) is 0. The van der Waals surface area contributed by atoms with Crippen molar-refractivity contribution < 1.29 is 20.6 Å². The lowest BCUT2D eigenvalue weighted by Crippen LogP contribution is -1.86. The molecule has 4 rings (SSSR count). The molecule has 1 heteroatoms. The topological polar surface area (TPSA) is 0 Å². The Morgan fingerprint density at radius 3 is 1.83 bits per heavy atom. The molecule has 0 bridgehead atoms. The first kappa shape index (κ1) is 5.32. The first-order valence-corrected chi connectivity index (χ1v) is 7.23. The van der Waals surface area contributed by atoms with Crippen molar-refractivity contribution in [2.24, 2.45) is 0 Å². The van der Waals surface area contributed by atoms with E-state index in [-0.39, 0.29) is 4.47 Å². The summed E-state index contributed by atoms with van der Waals surface area (Å²) in [5.74, 6) is 0. The minimum Gasteiger partial charge on any atom is -0.0622 e. The van der Waals surface area contributed by atoms with Crippen LogP contribution in [0.2, 0.25) is 0 Å². The van der Waals surface area contributed by atoms with Crippen molar-refractivity contribution in [1.82, 2.24) is 0 Å². The summed E-state index contributed by atoms with van der Waals surface area (Å²) in [6.07, 6.45) is 0. The number of hydrogen-bond acceptors (Lipinski definition) is 0. The van der Waals surface area contributed by atoms with Crippen LogP contribution < -0.4 is 0 Å². The molecule has 4 aromatic rings. The van der Waals surface area contributed by atoms with Crippen molar-refractivity contribution in [2.75, 3.05) is 0 Å². The zero-order chi connectivity index (χ0) is 28.7. The molecule has 0 aliphatic rings. The van der Waals surface area contributed by atoms with Crippen LogP contribution in [0.4, 0.5) is 0 Å². The van der Waals surface area contributed by atoms with Gasteiger partial charge in [-0.2, -0.15) is 0 Å². The molecule has 0 N–H and O–H groups in total. The van der Waals surface area contributed by atoms with E-state index in [1.807, 2.05) is 0 Å². The largest absolute Gasteiger partial charge is 0.0641 e. The molecule has 4 aromatic carbocycles. The van der Waals surface area contributed by atoms with Gasteiger partial charge in [0.2, 0.25) is 0 Å². The average Bonchev–Trinajstić information content (AvgIpc) is 2.89. The van der Waals surface area contributed by atoms with Gasteiger partial charge in [0.1, 0.15) is 0 Å². The van der Waals surface area contributed by atoms with Gasteiger partial charge in [-0.3, -0.25) is 0 Å². The maximum atomic E-state index is 8.79. The second-order valence-corrected chi connectivity index (χ2v) is 5.23. The fraction of sp³-hybridized carbons (Fsp3) is 0. The minimum absolute atomic E-state index is 0.205. The molecular weight excluding hydrogens is 344 g/mol. The second kappa shape index (κ2) is 6.02. The molecule has 23 heavy (non-hydrogen) atoms. The maximum Gasteiger partial charge on any atom is 0.0641 e. The first-order valence-electron chi connectivity index (χ1n) is 13.9. The van der Waals surface area contributed by atoms with E-state index in [2.05, 4.69) is 15.9 Å². The molecule has 0 aliphatic heterocycles. The molecule has 0 heterocycles. The highest BCUT2D eigenvalue weighted by Crippen LogP contribution is 2.36. The van der Waals surface area contributed by atoms with Crippen LogP contribution in [0.5, 0.6) is 0 Å². The van der Waals surface area contributed by atoms with Crippen LogP contribution in [0.15, 0.2) is 95.1 Å². The molecule has 0 aliphatic carbocycles. The summed E-state index contributed by atoms with van der Waals surface area (Å²) in [5, 5.41) is -0.869. The molecule has 0 saturated heterocycles. The minimum atomic E-state index is -0.771. The molecule has 0 amide bonds. The van der Waals surface area contributed by atoms with Gasteiger partial charge in [-0.25, -0.2) is 0 Å². The van der Waals surface area contributed by atoms with Gasteiger partial charge in [-0.05, 0) is 45.1 Å². The summed E-state index contributed by atoms with van der Waals surface area (Å²) in [6, 6.07) is -10.5. The lowest BCUT2D eigenvalue weighted by atomic mass is 9.92. The molecule has 0 spiro atoms. The van der Waals surface area contributed by atoms with Gasteiger partial charge < -0.3 is 0 Å². The second-order valence-electron chi connectivity index (χ2n) is 4.44. The van der Waals surface area contributed by atoms with Crippen LogP contribution in [0.25, 0.3) is 33.0 Å². The Morgan fingerprint density at radius 1 is 0.565 bits per heavy atom. The van der Waals surface area contributed by atoms with E-state index in [9.17, 15) is 0 Å². The van der Waals surface area contributed by atoms with Crippen LogP contribution in [0.1, 0.15) is 20.6 Å². The van der Waals surface area contributed by atoms with Gasteiger partial charge in [0.05, 0.1) is 20.6 Å². The van der Waals surface area contributed by atoms with Crippen molar-refractivity contribution >= 4 is 26.7 Å². The fourth-order valence-corrected chi connectivity index (χ4v) is 2.43. The molecule has 110 valence electrons. The lowest BCUT2D eigenvalue weighted by Gasteiger charge is -2.12. The molecule has 0 fully saturated rings. The Morgan fingerprint density at radius 2 is 1.13 bits per heavy atom. The van der Waals surface area contributed by atoms with Crippen LogP contribution in [0.3, 0.4) is 0 Å². The molecule has 0 nitrogen and oxygen atoms in total. The fourth-order valence-electron chi connectivity index (χ4n) is 2.13. The van der Waals surface area contributed by atoms with Gasteiger partial charge >= 0.3 is 0 Å². The zero-order valence-electron chi connectivity index (χ0n) is 26.4. The number of hydrogen-bond donors (Lipinski definition) is 0. The third-order valence-electron chi connectivity index (χ3n) is 3.09. The zero-order valence-corrected chi connectivity index (χ0v) is 13.0. The van der Waals surface area contributed by atoms with Crippen molar-refractivity contribution in [1.29, 1.82) is 0 Å².